The van der Waals surface area contributed by atoms with Crippen LogP contribution in [0.5, 0.6) is 0 Å². The summed E-state index contributed by atoms with van der Waals surface area (Å²) in [4.78, 5) is 11.3. The van der Waals surface area contributed by atoms with E-state index in [1.165, 1.54) is 0 Å². The summed E-state index contributed by atoms with van der Waals surface area (Å²) in [5.74, 6) is 0.0882. The summed E-state index contributed by atoms with van der Waals surface area (Å²) < 4.78 is 5.34. The van der Waals surface area contributed by atoms with E-state index in [0.29, 0.717) is 25.7 Å². The molecule has 0 aliphatic rings. The number of unbranched alkanes of at least 4 members (excludes halogenated alkanes) is 1. The highest BCUT2D eigenvalue weighted by Gasteiger charge is 1.99. The van der Waals surface area contributed by atoms with Crippen molar-refractivity contribution in [2.45, 2.75) is 59.9 Å². The molecule has 0 spiro atoms. The summed E-state index contributed by atoms with van der Waals surface area (Å²) in [6, 6.07) is 0.487. The van der Waals surface area contributed by atoms with Gasteiger partial charge >= 0.3 is 0 Å². The van der Waals surface area contributed by atoms with Crippen LogP contribution in [0.4, 0.5) is 0 Å². The Morgan fingerprint density at radius 3 is 2.44 bits per heavy atom. The second-order valence-electron chi connectivity index (χ2n) is 4.17. The molecule has 0 radical (unpaired) electrons. The molecule has 0 bridgehead atoms. The molecule has 0 aliphatic heterocycles. The summed E-state index contributed by atoms with van der Waals surface area (Å²) >= 11 is 0. The fraction of sp³-hybridized carbons (Fsp3) is 0.929. The van der Waals surface area contributed by atoms with Crippen molar-refractivity contribution >= 4 is 5.91 Å². The fourth-order valence-electron chi connectivity index (χ4n) is 1.18. The van der Waals surface area contributed by atoms with Crippen molar-refractivity contribution in [2.24, 2.45) is 0 Å². The molecule has 2 N–H and O–H groups in total. The largest absolute Gasteiger partial charge is 0.380 e. The lowest BCUT2D eigenvalue weighted by molar-refractivity contribution is -0.122. The third-order valence-electron chi connectivity index (χ3n) is 2.12. The van der Waals surface area contributed by atoms with Crippen LogP contribution in [0.15, 0.2) is 0 Å². The van der Waals surface area contributed by atoms with Crippen molar-refractivity contribution in [1.82, 2.24) is 10.6 Å². The lowest BCUT2D eigenvalue weighted by Crippen LogP contribution is -2.28. The Morgan fingerprint density at radius 2 is 1.89 bits per heavy atom. The van der Waals surface area contributed by atoms with Gasteiger partial charge in [-0.2, -0.15) is 0 Å². The number of carbonyl (C=O) groups is 1. The molecular weight excluding hydrogens is 228 g/mol. The highest BCUT2D eigenvalue weighted by atomic mass is 16.5. The molecule has 0 fully saturated rings. The minimum atomic E-state index is 0. The number of carbonyl (C=O) groups excluding carboxylic acids is 1. The van der Waals surface area contributed by atoms with Crippen LogP contribution >= 0.6 is 0 Å². The molecule has 0 unspecified atom stereocenters. The normalized spacial score (nSPS) is 9.89. The highest BCUT2D eigenvalue weighted by molar-refractivity contribution is 5.75. The van der Waals surface area contributed by atoms with Crippen LogP contribution in [-0.2, 0) is 9.53 Å². The lowest BCUT2D eigenvalue weighted by atomic mass is 10.3. The van der Waals surface area contributed by atoms with Gasteiger partial charge in [0, 0.05) is 28.4 Å². The van der Waals surface area contributed by atoms with E-state index in [4.69, 9.17) is 4.74 Å². The van der Waals surface area contributed by atoms with Gasteiger partial charge in [0.25, 0.3) is 0 Å². The van der Waals surface area contributed by atoms with Crippen molar-refractivity contribution in [2.75, 3.05) is 26.3 Å². The van der Waals surface area contributed by atoms with Crippen molar-refractivity contribution < 1.29 is 12.4 Å². The van der Waals surface area contributed by atoms with E-state index in [0.717, 1.165) is 25.9 Å². The smallest absolute Gasteiger partial charge is 0.222 e. The quantitative estimate of drug-likeness (QED) is 0.597. The molecule has 0 aromatic rings. The molecule has 0 heterocycles. The lowest BCUT2D eigenvalue weighted by Gasteiger charge is -2.08. The summed E-state index contributed by atoms with van der Waals surface area (Å²) in [5.41, 5.74) is 0. The molecule has 4 nitrogen and oxygen atoms in total. The Hall–Kier alpha value is -0.610. The van der Waals surface area contributed by atoms with Gasteiger partial charge in [-0.05, 0) is 6.42 Å². The minimum Gasteiger partial charge on any atom is -0.380 e. The van der Waals surface area contributed by atoms with Crippen molar-refractivity contribution in [1.29, 1.82) is 0 Å². The molecule has 0 aliphatic carbocycles. The Morgan fingerprint density at radius 1 is 1.22 bits per heavy atom. The Bertz CT molecular complexity index is 183. The first-order valence-corrected chi connectivity index (χ1v) is 7.24. The second-order valence-corrected chi connectivity index (χ2v) is 4.17. The van der Waals surface area contributed by atoms with Crippen LogP contribution in [-0.4, -0.2) is 38.3 Å². The summed E-state index contributed by atoms with van der Waals surface area (Å²) in [6.07, 6.45) is 2.62. The Kier molecular flexibility index (Phi) is 18.0. The van der Waals surface area contributed by atoms with Crippen molar-refractivity contribution in [3.05, 3.63) is 0 Å². The van der Waals surface area contributed by atoms with Gasteiger partial charge in [0.15, 0.2) is 0 Å². The molecule has 0 rings (SSSR count). The number of ether oxygens (including phenoxy) is 1. The average molecular weight is 264 g/mol. The van der Waals surface area contributed by atoms with Gasteiger partial charge in [0.05, 0.1) is 13.2 Å². The average Bonchev–Trinajstić information content (AvgIpc) is 2.36. The molecule has 0 atom stereocenters. The molecule has 0 saturated heterocycles. The first-order chi connectivity index (χ1) is 8.66. The van der Waals surface area contributed by atoms with Gasteiger partial charge in [0.1, 0.15) is 0 Å². The molecule has 0 aromatic carbocycles. The van der Waals surface area contributed by atoms with Crippen LogP contribution in [0.3, 0.4) is 0 Å². The fourth-order valence-corrected chi connectivity index (χ4v) is 1.18. The standard InChI is InChI=1S/C12H26N2O2.C2H6.2H2/c1-4-5-7-14-12(15)6-9-16-10-8-13-11(2)3;1-2;;/h11,13H,4-10H2,1-3H3,(H,14,15);1-2H3;2*1H. The third-order valence-corrected chi connectivity index (χ3v) is 2.12. The SMILES string of the molecule is CC.CCCCNC(=O)CCOCCNC(C)C.[HH].[HH]. The first kappa shape index (κ1) is 19.7. The van der Waals surface area contributed by atoms with Crippen LogP contribution in [0.25, 0.3) is 0 Å². The Balaban J connectivity index is -0.000000304. The van der Waals surface area contributed by atoms with Crippen LogP contribution in [0.2, 0.25) is 0 Å². The van der Waals surface area contributed by atoms with Gasteiger partial charge < -0.3 is 15.4 Å². The Labute approximate surface area is 116 Å². The van der Waals surface area contributed by atoms with E-state index in [1.54, 1.807) is 0 Å². The van der Waals surface area contributed by atoms with Gasteiger partial charge in [-0.15, -0.1) is 0 Å². The monoisotopic (exact) mass is 264 g/mol. The summed E-state index contributed by atoms with van der Waals surface area (Å²) in [7, 11) is 0. The number of rotatable bonds is 10. The van der Waals surface area contributed by atoms with E-state index < -0.39 is 0 Å². The maximum absolute atomic E-state index is 11.3. The number of hydrogen-bond donors (Lipinski definition) is 2. The summed E-state index contributed by atoms with van der Waals surface area (Å²) in [5, 5.41) is 6.11. The predicted octanol–water partition coefficient (Wildman–Crippen LogP) is 2.83. The van der Waals surface area contributed by atoms with Crippen molar-refractivity contribution in [3.63, 3.8) is 0 Å². The molecular formula is C14H36N2O2. The molecule has 4 heteroatoms. The molecule has 18 heavy (non-hydrogen) atoms. The van der Waals surface area contributed by atoms with Gasteiger partial charge in [-0.3, -0.25) is 4.79 Å². The second kappa shape index (κ2) is 16.4. The number of hydrogen-bond acceptors (Lipinski definition) is 3. The van der Waals surface area contributed by atoms with E-state index >= 15 is 0 Å². The number of amides is 1. The minimum absolute atomic E-state index is 0. The zero-order valence-electron chi connectivity index (χ0n) is 12.8. The maximum atomic E-state index is 11.3. The predicted molar refractivity (Wildman–Crippen MR) is 82.1 cm³/mol. The molecule has 0 aromatic heterocycles. The van der Waals surface area contributed by atoms with Crippen LogP contribution < -0.4 is 10.6 Å². The first-order valence-electron chi connectivity index (χ1n) is 7.24. The van der Waals surface area contributed by atoms with Gasteiger partial charge in [0.2, 0.25) is 5.91 Å². The number of nitrogens with one attached hydrogen (secondary N) is 2. The summed E-state index contributed by atoms with van der Waals surface area (Å²) in [6.45, 7) is 13.1. The molecule has 0 saturated carbocycles. The van der Waals surface area contributed by atoms with Crippen LogP contribution in [0, 0.1) is 0 Å². The topological polar surface area (TPSA) is 50.4 Å². The molecule has 114 valence electrons. The zero-order chi connectivity index (χ0) is 14.2. The van der Waals surface area contributed by atoms with E-state index in [-0.39, 0.29) is 8.76 Å². The molecule has 1 amide bonds. The van der Waals surface area contributed by atoms with E-state index in [9.17, 15) is 4.79 Å². The van der Waals surface area contributed by atoms with E-state index in [2.05, 4.69) is 31.4 Å². The zero-order valence-corrected chi connectivity index (χ0v) is 12.8. The maximum Gasteiger partial charge on any atom is 0.222 e. The third kappa shape index (κ3) is 17.8. The van der Waals surface area contributed by atoms with E-state index in [1.807, 2.05) is 13.8 Å². The van der Waals surface area contributed by atoms with Crippen molar-refractivity contribution in [3.8, 4) is 0 Å². The van der Waals surface area contributed by atoms with Crippen LogP contribution in [0.1, 0.15) is 56.7 Å². The van der Waals surface area contributed by atoms with Gasteiger partial charge in [-0.1, -0.05) is 41.0 Å². The van der Waals surface area contributed by atoms with Gasteiger partial charge in [-0.25, -0.2) is 0 Å². The highest BCUT2D eigenvalue weighted by Crippen LogP contribution is 1.86.